The van der Waals surface area contributed by atoms with Crippen molar-refractivity contribution in [3.63, 3.8) is 0 Å². The van der Waals surface area contributed by atoms with Crippen LogP contribution in [-0.2, 0) is 4.79 Å². The van der Waals surface area contributed by atoms with Crippen LogP contribution in [0.1, 0.15) is 16.7 Å². The van der Waals surface area contributed by atoms with Crippen LogP contribution in [0.25, 0.3) is 0 Å². The van der Waals surface area contributed by atoms with Gasteiger partial charge in [0.05, 0.1) is 13.1 Å². The third-order valence-corrected chi connectivity index (χ3v) is 3.80. The van der Waals surface area contributed by atoms with Crippen LogP contribution in [0.3, 0.4) is 0 Å². The Balaban J connectivity index is 1.68. The zero-order valence-corrected chi connectivity index (χ0v) is 15.7. The molecule has 0 aliphatic heterocycles. The van der Waals surface area contributed by atoms with E-state index in [4.69, 9.17) is 4.74 Å². The van der Waals surface area contributed by atoms with Gasteiger partial charge in [0.15, 0.2) is 0 Å². The zero-order valence-electron chi connectivity index (χ0n) is 15.7. The third kappa shape index (κ3) is 6.62. The Labute approximate surface area is 158 Å². The van der Waals surface area contributed by atoms with Crippen molar-refractivity contribution in [2.75, 3.05) is 25.0 Å². The lowest BCUT2D eigenvalue weighted by Gasteiger charge is -2.13. The molecule has 3 amide bonds. The lowest BCUT2D eigenvalue weighted by molar-refractivity contribution is -0.115. The zero-order chi connectivity index (χ0) is 19.8. The Hall–Kier alpha value is -3.09. The molecule has 3 N–H and O–H groups in total. The minimum atomic E-state index is -0.481. The molecule has 0 fully saturated rings. The second-order valence-electron chi connectivity index (χ2n) is 6.24. The van der Waals surface area contributed by atoms with Crippen LogP contribution in [0.5, 0.6) is 5.75 Å². The number of ether oxygens (including phenoxy) is 1. The smallest absolute Gasteiger partial charge is 0.315 e. The SMILES string of the molecule is Cc1cc(C)c(NC(=O)CNC(=O)NCCOc2cccc(F)c2)c(C)c1. The molecule has 2 rings (SSSR count). The number of anilines is 1. The minimum Gasteiger partial charge on any atom is -0.492 e. The molecule has 6 nitrogen and oxygen atoms in total. The van der Waals surface area contributed by atoms with Gasteiger partial charge in [0, 0.05) is 11.8 Å². The fourth-order valence-electron chi connectivity index (χ4n) is 2.67. The number of carbonyl (C=O) groups is 2. The van der Waals surface area contributed by atoms with Crippen molar-refractivity contribution < 1.29 is 18.7 Å². The summed E-state index contributed by atoms with van der Waals surface area (Å²) in [6, 6.07) is 9.25. The summed E-state index contributed by atoms with van der Waals surface area (Å²) in [5.74, 6) is -0.306. The fraction of sp³-hybridized carbons (Fsp3) is 0.300. The summed E-state index contributed by atoms with van der Waals surface area (Å²) in [6.07, 6.45) is 0. The van der Waals surface area contributed by atoms with E-state index in [1.807, 2.05) is 32.9 Å². The van der Waals surface area contributed by atoms with Gasteiger partial charge in [0.1, 0.15) is 18.2 Å². The molecular weight excluding hydrogens is 349 g/mol. The topological polar surface area (TPSA) is 79.5 Å². The molecule has 0 spiro atoms. The van der Waals surface area contributed by atoms with Gasteiger partial charge in [-0.1, -0.05) is 23.8 Å². The maximum Gasteiger partial charge on any atom is 0.315 e. The molecule has 0 saturated carbocycles. The van der Waals surface area contributed by atoms with Gasteiger partial charge in [-0.05, 0) is 44.0 Å². The van der Waals surface area contributed by atoms with Crippen molar-refractivity contribution in [3.8, 4) is 5.75 Å². The Bertz CT molecular complexity index is 801. The molecule has 0 aliphatic rings. The molecular formula is C20H24FN3O3. The maximum atomic E-state index is 13.0. The van der Waals surface area contributed by atoms with Crippen molar-refractivity contribution >= 4 is 17.6 Å². The summed E-state index contributed by atoms with van der Waals surface area (Å²) in [5, 5.41) is 7.86. The van der Waals surface area contributed by atoms with Crippen molar-refractivity contribution in [2.24, 2.45) is 0 Å². The molecule has 2 aromatic rings. The minimum absolute atomic E-state index is 0.149. The number of aryl methyl sites for hydroxylation is 3. The molecule has 0 bridgehead atoms. The van der Waals surface area contributed by atoms with Gasteiger partial charge in [-0.25, -0.2) is 9.18 Å². The van der Waals surface area contributed by atoms with Gasteiger partial charge in [0.2, 0.25) is 5.91 Å². The van der Waals surface area contributed by atoms with Crippen molar-refractivity contribution in [3.05, 3.63) is 58.9 Å². The monoisotopic (exact) mass is 373 g/mol. The first-order valence-corrected chi connectivity index (χ1v) is 8.63. The Morgan fingerprint density at radius 2 is 1.74 bits per heavy atom. The summed E-state index contributed by atoms with van der Waals surface area (Å²) >= 11 is 0. The standard InChI is InChI=1S/C20H24FN3O3/c1-13-9-14(2)19(15(3)10-13)24-18(25)12-23-20(26)22-7-8-27-17-6-4-5-16(21)11-17/h4-6,9-11H,7-8,12H2,1-3H3,(H,24,25)(H2,22,23,26). The highest BCUT2D eigenvalue weighted by atomic mass is 19.1. The van der Waals surface area contributed by atoms with Gasteiger partial charge in [-0.3, -0.25) is 4.79 Å². The number of carbonyl (C=O) groups excluding carboxylic acids is 2. The molecule has 0 unspecified atom stereocenters. The molecule has 2 aromatic carbocycles. The van der Waals surface area contributed by atoms with E-state index >= 15 is 0 Å². The summed E-state index contributed by atoms with van der Waals surface area (Å²) in [6.45, 7) is 6.10. The Morgan fingerprint density at radius 1 is 1.04 bits per heavy atom. The number of halogens is 1. The molecule has 7 heteroatoms. The van der Waals surface area contributed by atoms with Crippen molar-refractivity contribution in [1.82, 2.24) is 10.6 Å². The van der Waals surface area contributed by atoms with E-state index in [-0.39, 0.29) is 31.4 Å². The van der Waals surface area contributed by atoms with Crippen LogP contribution in [0.15, 0.2) is 36.4 Å². The second-order valence-corrected chi connectivity index (χ2v) is 6.24. The van der Waals surface area contributed by atoms with Gasteiger partial charge < -0.3 is 20.7 Å². The predicted molar refractivity (Wildman–Crippen MR) is 103 cm³/mol. The van der Waals surface area contributed by atoms with E-state index in [0.29, 0.717) is 5.75 Å². The average Bonchev–Trinajstić information content (AvgIpc) is 2.60. The fourth-order valence-corrected chi connectivity index (χ4v) is 2.67. The first-order valence-electron chi connectivity index (χ1n) is 8.63. The first kappa shape index (κ1) is 20.2. The average molecular weight is 373 g/mol. The summed E-state index contributed by atoms with van der Waals surface area (Å²) in [4.78, 5) is 23.8. The normalized spacial score (nSPS) is 10.2. The predicted octanol–water partition coefficient (Wildman–Crippen LogP) is 3.07. The van der Waals surface area contributed by atoms with Crippen molar-refractivity contribution in [2.45, 2.75) is 20.8 Å². The van der Waals surface area contributed by atoms with E-state index in [0.717, 1.165) is 22.4 Å². The van der Waals surface area contributed by atoms with E-state index in [1.165, 1.54) is 12.1 Å². The summed E-state index contributed by atoms with van der Waals surface area (Å²) < 4.78 is 18.3. The number of hydrogen-bond donors (Lipinski definition) is 3. The number of hydrogen-bond acceptors (Lipinski definition) is 3. The lowest BCUT2D eigenvalue weighted by Crippen LogP contribution is -2.41. The third-order valence-electron chi connectivity index (χ3n) is 3.80. The molecule has 0 aromatic heterocycles. The largest absolute Gasteiger partial charge is 0.492 e. The summed E-state index contributed by atoms with van der Waals surface area (Å²) in [7, 11) is 0. The number of benzene rings is 2. The number of amides is 3. The van der Waals surface area contributed by atoms with Crippen LogP contribution in [0.4, 0.5) is 14.9 Å². The first-order chi connectivity index (χ1) is 12.8. The molecule has 0 saturated heterocycles. The quantitative estimate of drug-likeness (QED) is 0.653. The van der Waals surface area contributed by atoms with Crippen LogP contribution >= 0.6 is 0 Å². The van der Waals surface area contributed by atoms with E-state index in [1.54, 1.807) is 12.1 Å². The van der Waals surface area contributed by atoms with Crippen LogP contribution in [0, 0.1) is 26.6 Å². The maximum absolute atomic E-state index is 13.0. The molecule has 27 heavy (non-hydrogen) atoms. The Kier molecular flexibility index (Phi) is 7.16. The molecule has 0 radical (unpaired) electrons. The Morgan fingerprint density at radius 3 is 2.41 bits per heavy atom. The van der Waals surface area contributed by atoms with Gasteiger partial charge >= 0.3 is 6.03 Å². The molecule has 0 atom stereocenters. The molecule has 0 aliphatic carbocycles. The van der Waals surface area contributed by atoms with Crippen LogP contribution in [-0.4, -0.2) is 31.6 Å². The summed E-state index contributed by atoms with van der Waals surface area (Å²) in [5.41, 5.74) is 3.83. The molecule has 0 heterocycles. The number of rotatable bonds is 7. The second kappa shape index (κ2) is 9.56. The van der Waals surface area contributed by atoms with E-state index < -0.39 is 6.03 Å². The van der Waals surface area contributed by atoms with E-state index in [9.17, 15) is 14.0 Å². The van der Waals surface area contributed by atoms with Crippen LogP contribution in [0.2, 0.25) is 0 Å². The van der Waals surface area contributed by atoms with Crippen LogP contribution < -0.4 is 20.7 Å². The number of nitrogens with one attached hydrogen (secondary N) is 3. The van der Waals surface area contributed by atoms with Gasteiger partial charge in [0.25, 0.3) is 0 Å². The van der Waals surface area contributed by atoms with Gasteiger partial charge in [-0.2, -0.15) is 0 Å². The number of urea groups is 1. The highest BCUT2D eigenvalue weighted by Crippen LogP contribution is 2.21. The van der Waals surface area contributed by atoms with Gasteiger partial charge in [-0.15, -0.1) is 0 Å². The van der Waals surface area contributed by atoms with Crippen molar-refractivity contribution in [1.29, 1.82) is 0 Å². The highest BCUT2D eigenvalue weighted by molar-refractivity contribution is 5.95. The highest BCUT2D eigenvalue weighted by Gasteiger charge is 2.09. The van der Waals surface area contributed by atoms with E-state index in [2.05, 4.69) is 16.0 Å². The lowest BCUT2D eigenvalue weighted by atomic mass is 10.1. The molecule has 144 valence electrons.